The number of hydrogen-bond acceptors (Lipinski definition) is 3. The van der Waals surface area contributed by atoms with Gasteiger partial charge in [0.05, 0.1) is 0 Å². The molecular formula is C19H29NO2. The molecule has 0 heterocycles. The van der Waals surface area contributed by atoms with Crippen LogP contribution in [-0.4, -0.2) is 17.6 Å². The van der Waals surface area contributed by atoms with Gasteiger partial charge in [-0.05, 0) is 61.2 Å². The van der Waals surface area contributed by atoms with E-state index in [9.17, 15) is 9.59 Å². The summed E-state index contributed by atoms with van der Waals surface area (Å²) in [7, 11) is 0. The zero-order valence-electron chi connectivity index (χ0n) is 13.9. The van der Waals surface area contributed by atoms with Crippen LogP contribution in [0.3, 0.4) is 0 Å². The van der Waals surface area contributed by atoms with Gasteiger partial charge in [-0.3, -0.25) is 9.59 Å². The van der Waals surface area contributed by atoms with Crippen LogP contribution in [0.5, 0.6) is 0 Å². The molecule has 0 saturated heterocycles. The first-order chi connectivity index (χ1) is 10.4. The molecule has 4 saturated carbocycles. The van der Waals surface area contributed by atoms with Gasteiger partial charge in [0.15, 0.2) is 0 Å². The number of ketones is 2. The van der Waals surface area contributed by atoms with Gasteiger partial charge in [-0.15, -0.1) is 0 Å². The number of nitrogens with two attached hydrogens (primary N) is 1. The first-order valence-corrected chi connectivity index (χ1v) is 9.17. The summed E-state index contributed by atoms with van der Waals surface area (Å²) < 4.78 is 0. The molecule has 3 nitrogen and oxygen atoms in total. The van der Waals surface area contributed by atoms with Crippen LogP contribution < -0.4 is 5.73 Å². The first-order valence-electron chi connectivity index (χ1n) is 9.17. The molecule has 0 amide bonds. The van der Waals surface area contributed by atoms with E-state index in [4.69, 9.17) is 5.73 Å². The Morgan fingerprint density at radius 1 is 1.05 bits per heavy atom. The molecule has 3 heteroatoms. The van der Waals surface area contributed by atoms with Crippen LogP contribution in [0, 0.1) is 34.5 Å². The van der Waals surface area contributed by atoms with E-state index in [0.29, 0.717) is 35.2 Å². The fourth-order valence-corrected chi connectivity index (χ4v) is 6.88. The summed E-state index contributed by atoms with van der Waals surface area (Å²) in [6.07, 6.45) is 7.52. The zero-order valence-corrected chi connectivity index (χ0v) is 13.9. The summed E-state index contributed by atoms with van der Waals surface area (Å²) in [5.41, 5.74) is 6.81. The van der Waals surface area contributed by atoms with Crippen LogP contribution in [0.1, 0.15) is 65.2 Å². The van der Waals surface area contributed by atoms with Crippen LogP contribution in [0.4, 0.5) is 0 Å². The molecule has 0 spiro atoms. The van der Waals surface area contributed by atoms with Crippen molar-refractivity contribution in [1.82, 2.24) is 0 Å². The Morgan fingerprint density at radius 2 is 1.82 bits per heavy atom. The third kappa shape index (κ3) is 1.78. The topological polar surface area (TPSA) is 60.2 Å². The number of rotatable bonds is 0. The van der Waals surface area contributed by atoms with E-state index in [1.807, 2.05) is 0 Å². The Labute approximate surface area is 133 Å². The van der Waals surface area contributed by atoms with Crippen LogP contribution >= 0.6 is 0 Å². The minimum Gasteiger partial charge on any atom is -0.327 e. The lowest BCUT2D eigenvalue weighted by molar-refractivity contribution is -0.146. The van der Waals surface area contributed by atoms with Crippen molar-refractivity contribution in [3.63, 3.8) is 0 Å². The van der Waals surface area contributed by atoms with E-state index < -0.39 is 0 Å². The molecule has 0 radical (unpaired) electrons. The second-order valence-corrected chi connectivity index (χ2v) is 9.05. The monoisotopic (exact) mass is 303 g/mol. The zero-order chi connectivity index (χ0) is 15.7. The SMILES string of the molecule is C[C@]12CCC(=O)CC1CC(N)[C@@H]1[C@H]2CC[C@]2(C)C(=O)CC[C@@H]12. The molecule has 0 aromatic carbocycles. The number of hydrogen-bond donors (Lipinski definition) is 1. The Kier molecular flexibility index (Phi) is 3.15. The van der Waals surface area contributed by atoms with Crippen molar-refractivity contribution in [2.45, 2.75) is 71.3 Å². The minimum atomic E-state index is -0.105. The van der Waals surface area contributed by atoms with Gasteiger partial charge in [0.25, 0.3) is 0 Å². The largest absolute Gasteiger partial charge is 0.327 e. The quantitative estimate of drug-likeness (QED) is 0.748. The van der Waals surface area contributed by atoms with Crippen molar-refractivity contribution in [1.29, 1.82) is 0 Å². The number of fused-ring (bicyclic) bond motifs is 5. The standard InChI is InChI=1S/C19H29NO2/c1-18-7-5-12(21)9-11(18)10-15(20)17-13-3-4-16(22)19(13,2)8-6-14(17)18/h11,13-15,17H,3-10,20H2,1-2H3/t11?,13-,14+,15?,17-,18-,19-/m0/s1. The van der Waals surface area contributed by atoms with E-state index >= 15 is 0 Å². The first kappa shape index (κ1) is 14.9. The molecule has 4 aliphatic rings. The highest BCUT2D eigenvalue weighted by Crippen LogP contribution is 2.64. The summed E-state index contributed by atoms with van der Waals surface area (Å²) in [4.78, 5) is 24.3. The molecule has 0 aromatic rings. The fraction of sp³-hybridized carbons (Fsp3) is 0.895. The van der Waals surface area contributed by atoms with Gasteiger partial charge < -0.3 is 5.73 Å². The maximum absolute atomic E-state index is 12.4. The van der Waals surface area contributed by atoms with Gasteiger partial charge in [-0.25, -0.2) is 0 Å². The summed E-state index contributed by atoms with van der Waals surface area (Å²) in [6, 6.07) is 0.185. The molecule has 4 rings (SSSR count). The summed E-state index contributed by atoms with van der Waals surface area (Å²) in [5, 5.41) is 0. The molecule has 7 atom stereocenters. The lowest BCUT2D eigenvalue weighted by Crippen LogP contribution is -2.60. The summed E-state index contributed by atoms with van der Waals surface area (Å²) in [6.45, 7) is 4.63. The molecule has 2 N–H and O–H groups in total. The Balaban J connectivity index is 1.70. The maximum Gasteiger partial charge on any atom is 0.139 e. The lowest BCUT2D eigenvalue weighted by Gasteiger charge is -2.61. The van der Waals surface area contributed by atoms with Crippen molar-refractivity contribution in [2.24, 2.45) is 40.2 Å². The van der Waals surface area contributed by atoms with E-state index in [1.165, 1.54) is 0 Å². The van der Waals surface area contributed by atoms with Crippen molar-refractivity contribution < 1.29 is 9.59 Å². The van der Waals surface area contributed by atoms with E-state index in [1.54, 1.807) is 0 Å². The molecule has 0 aliphatic heterocycles. The predicted molar refractivity (Wildman–Crippen MR) is 85.1 cm³/mol. The lowest BCUT2D eigenvalue weighted by atomic mass is 9.44. The molecular weight excluding hydrogens is 274 g/mol. The smallest absolute Gasteiger partial charge is 0.139 e. The Morgan fingerprint density at radius 3 is 2.59 bits per heavy atom. The third-order valence-corrected chi connectivity index (χ3v) is 8.29. The number of carbonyl (C=O) groups excluding carboxylic acids is 2. The van der Waals surface area contributed by atoms with Gasteiger partial charge in [0.1, 0.15) is 11.6 Å². The Bertz CT molecular complexity index is 530. The van der Waals surface area contributed by atoms with Crippen molar-refractivity contribution >= 4 is 11.6 Å². The average molecular weight is 303 g/mol. The third-order valence-electron chi connectivity index (χ3n) is 8.29. The van der Waals surface area contributed by atoms with Gasteiger partial charge in [-0.2, -0.15) is 0 Å². The molecule has 4 aliphatic carbocycles. The van der Waals surface area contributed by atoms with Crippen LogP contribution in [0.15, 0.2) is 0 Å². The van der Waals surface area contributed by atoms with Gasteiger partial charge >= 0.3 is 0 Å². The molecule has 0 bridgehead atoms. The van der Waals surface area contributed by atoms with Crippen LogP contribution in [-0.2, 0) is 9.59 Å². The highest BCUT2D eigenvalue weighted by atomic mass is 16.1. The Hall–Kier alpha value is -0.700. The number of Topliss-reactive ketones (excluding diaryl/α,β-unsaturated/α-hetero) is 2. The fourth-order valence-electron chi connectivity index (χ4n) is 6.88. The molecule has 0 aromatic heterocycles. The molecule has 4 fully saturated rings. The normalized spacial score (nSPS) is 54.6. The average Bonchev–Trinajstić information content (AvgIpc) is 2.77. The second-order valence-electron chi connectivity index (χ2n) is 9.05. The van der Waals surface area contributed by atoms with Crippen molar-refractivity contribution in [2.75, 3.05) is 0 Å². The van der Waals surface area contributed by atoms with Crippen molar-refractivity contribution in [3.8, 4) is 0 Å². The number of carbonyl (C=O) groups is 2. The van der Waals surface area contributed by atoms with E-state index in [-0.39, 0.29) is 16.9 Å². The highest BCUT2D eigenvalue weighted by molar-refractivity contribution is 5.87. The van der Waals surface area contributed by atoms with Crippen LogP contribution in [0.2, 0.25) is 0 Å². The highest BCUT2D eigenvalue weighted by Gasteiger charge is 2.62. The van der Waals surface area contributed by atoms with Gasteiger partial charge in [0, 0.05) is 30.7 Å². The predicted octanol–water partition coefficient (Wildman–Crippen LogP) is 3.10. The minimum absolute atomic E-state index is 0.105. The second kappa shape index (κ2) is 4.66. The maximum atomic E-state index is 12.4. The van der Waals surface area contributed by atoms with Crippen molar-refractivity contribution in [3.05, 3.63) is 0 Å². The summed E-state index contributed by atoms with van der Waals surface area (Å²) >= 11 is 0. The molecule has 22 heavy (non-hydrogen) atoms. The van der Waals surface area contributed by atoms with Gasteiger partial charge in [0.2, 0.25) is 0 Å². The van der Waals surface area contributed by atoms with E-state index in [0.717, 1.165) is 51.4 Å². The van der Waals surface area contributed by atoms with Gasteiger partial charge in [-0.1, -0.05) is 13.8 Å². The molecule has 122 valence electrons. The molecule has 2 unspecified atom stereocenters. The van der Waals surface area contributed by atoms with Crippen LogP contribution in [0.25, 0.3) is 0 Å². The van der Waals surface area contributed by atoms with E-state index in [2.05, 4.69) is 13.8 Å². The summed E-state index contributed by atoms with van der Waals surface area (Å²) in [5.74, 6) is 3.01.